The van der Waals surface area contributed by atoms with Gasteiger partial charge in [-0.2, -0.15) is 8.42 Å². The zero-order chi connectivity index (χ0) is 9.33. The monoisotopic (exact) mass is 192 g/mol. The maximum atomic E-state index is 8.74. The normalized spacial score (nSPS) is 10.3. The van der Waals surface area contributed by atoms with Crippen LogP contribution in [-0.2, 0) is 10.4 Å². The zero-order valence-corrected chi connectivity index (χ0v) is 9.76. The third kappa shape index (κ3) is 57.1. The largest absolute Gasteiger partial charge is 0.394 e. The van der Waals surface area contributed by atoms with Gasteiger partial charge in [-0.1, -0.05) is 0 Å². The summed E-state index contributed by atoms with van der Waals surface area (Å²) in [7, 11) is -4.67. The Morgan fingerprint density at radius 2 is 1.64 bits per heavy atom. The predicted molar refractivity (Wildman–Crippen MR) is 44.3 cm³/mol. The van der Waals surface area contributed by atoms with Gasteiger partial charge in [-0.05, 0) is 0 Å². The van der Waals surface area contributed by atoms with Gasteiger partial charge < -0.3 is 0 Å². The van der Waals surface area contributed by atoms with Crippen molar-refractivity contribution in [3.63, 3.8) is 0 Å². The first-order valence-corrected chi connectivity index (χ1v) is 6.42. The van der Waals surface area contributed by atoms with Gasteiger partial charge in [-0.15, -0.1) is 0 Å². The number of hydrogen-bond donors (Lipinski definition) is 2. The van der Waals surface area contributed by atoms with Crippen molar-refractivity contribution >= 4 is 38.3 Å². The van der Waals surface area contributed by atoms with Crippen LogP contribution in [-0.4, -0.2) is 45.5 Å². The van der Waals surface area contributed by atoms with E-state index >= 15 is 0 Å². The molecule has 6 heteroatoms. The van der Waals surface area contributed by atoms with Crippen molar-refractivity contribution in [3.8, 4) is 0 Å². The second-order valence-corrected chi connectivity index (χ2v) is 4.05. The smallest absolute Gasteiger partial charge is 0.264 e. The van der Waals surface area contributed by atoms with Crippen LogP contribution in [0.4, 0.5) is 0 Å². The number of rotatable bonds is 3. The summed E-state index contributed by atoms with van der Waals surface area (Å²) < 4.78 is 33.1. The molecule has 2 N–H and O–H groups in total. The van der Waals surface area contributed by atoms with Crippen molar-refractivity contribution in [1.29, 1.82) is 0 Å². The van der Waals surface area contributed by atoms with Gasteiger partial charge in [0.1, 0.15) is 0 Å². The van der Waals surface area contributed by atoms with Crippen molar-refractivity contribution in [2.24, 2.45) is 0 Å². The molecule has 4 nitrogen and oxygen atoms in total. The van der Waals surface area contributed by atoms with Gasteiger partial charge in [0.15, 0.2) is 0 Å². The molecule has 0 saturated carbocycles. The minimum absolute atomic E-state index is 1.38. The Morgan fingerprint density at radius 1 is 1.27 bits per heavy atom. The maximum Gasteiger partial charge on any atom is 0.394 e. The SMILES string of the molecule is CCCC[CH2][Na].O=S(=O)(O)O. The Bertz CT molecular complexity index is 142. The van der Waals surface area contributed by atoms with Crippen molar-refractivity contribution in [3.05, 3.63) is 0 Å². The van der Waals surface area contributed by atoms with Gasteiger partial charge >= 0.3 is 68.2 Å². The topological polar surface area (TPSA) is 74.6 Å². The Kier molecular flexibility index (Phi) is 11.7. The van der Waals surface area contributed by atoms with Crippen LogP contribution in [0.2, 0.25) is 3.67 Å². The third-order valence-electron chi connectivity index (χ3n) is 0.957. The van der Waals surface area contributed by atoms with Gasteiger partial charge in [-0.3, -0.25) is 9.11 Å². The van der Waals surface area contributed by atoms with Gasteiger partial charge in [0.25, 0.3) is 0 Å². The molecule has 0 aliphatic rings. The molecule has 0 saturated heterocycles. The Balaban J connectivity index is 0. The maximum absolute atomic E-state index is 8.74. The van der Waals surface area contributed by atoms with Gasteiger partial charge in [-0.25, -0.2) is 0 Å². The van der Waals surface area contributed by atoms with Crippen LogP contribution in [0.3, 0.4) is 0 Å². The molecule has 0 aromatic rings. The van der Waals surface area contributed by atoms with E-state index in [1.807, 2.05) is 0 Å². The minimum atomic E-state index is -4.67. The molecule has 0 heterocycles. The van der Waals surface area contributed by atoms with E-state index in [0.717, 1.165) is 0 Å². The fraction of sp³-hybridized carbons (Fsp3) is 1.00. The summed E-state index contributed by atoms with van der Waals surface area (Å²) in [5, 5.41) is 0. The van der Waals surface area contributed by atoms with Crippen molar-refractivity contribution in [2.75, 3.05) is 0 Å². The van der Waals surface area contributed by atoms with E-state index in [9.17, 15) is 0 Å². The van der Waals surface area contributed by atoms with Gasteiger partial charge in [0, 0.05) is 0 Å². The molecule has 0 rings (SSSR count). The van der Waals surface area contributed by atoms with E-state index in [0.29, 0.717) is 0 Å². The molecular weight excluding hydrogens is 179 g/mol. The van der Waals surface area contributed by atoms with Gasteiger partial charge in [0.05, 0.1) is 0 Å². The Hall–Kier alpha value is 0.870. The van der Waals surface area contributed by atoms with Crippen LogP contribution in [0.1, 0.15) is 26.2 Å². The first-order chi connectivity index (χ1) is 4.91. The molecule has 0 aromatic carbocycles. The summed E-state index contributed by atoms with van der Waals surface area (Å²) in [4.78, 5) is 0. The molecule has 11 heavy (non-hydrogen) atoms. The van der Waals surface area contributed by atoms with Crippen molar-refractivity contribution in [2.45, 2.75) is 29.9 Å². The standard InChI is InChI=1S/C5H11.Na.H2O4S/c1-3-5-4-2;;1-5(2,3)4/h1,3-5H2,2H3;;(H2,1,2,3,4). The summed E-state index contributed by atoms with van der Waals surface area (Å²) >= 11 is 1.40. The summed E-state index contributed by atoms with van der Waals surface area (Å²) in [5.74, 6) is 0. The average Bonchev–Trinajstić information content (AvgIpc) is 1.79. The van der Waals surface area contributed by atoms with Crippen LogP contribution >= 0.6 is 0 Å². The molecule has 0 spiro atoms. The minimum Gasteiger partial charge on any atom is -0.264 e. The number of hydrogen-bond acceptors (Lipinski definition) is 2. The molecular formula is C5H13NaO4S. The second-order valence-electron chi connectivity index (χ2n) is 2.15. The molecule has 0 fully saturated rings. The first kappa shape index (κ1) is 14.4. The first-order valence-electron chi connectivity index (χ1n) is 3.61. The van der Waals surface area contributed by atoms with Crippen LogP contribution in [0, 0.1) is 0 Å². The molecule has 0 radical (unpaired) electrons. The third-order valence-corrected chi connectivity index (χ3v) is 1.66. The van der Waals surface area contributed by atoms with E-state index in [-0.39, 0.29) is 0 Å². The predicted octanol–water partition coefficient (Wildman–Crippen LogP) is 1.11. The summed E-state index contributed by atoms with van der Waals surface area (Å²) in [6.07, 6.45) is 4.30. The van der Waals surface area contributed by atoms with Crippen molar-refractivity contribution < 1.29 is 17.5 Å². The summed E-state index contributed by atoms with van der Waals surface area (Å²) in [6, 6.07) is 0. The molecule has 64 valence electrons. The van der Waals surface area contributed by atoms with E-state index in [1.54, 1.807) is 0 Å². The molecule has 0 aliphatic heterocycles. The fourth-order valence-electron chi connectivity index (χ4n) is 0.500. The summed E-state index contributed by atoms with van der Waals surface area (Å²) in [6.45, 7) is 2.25. The van der Waals surface area contributed by atoms with Crippen LogP contribution in [0.5, 0.6) is 0 Å². The average molecular weight is 192 g/mol. The molecule has 0 bridgehead atoms. The van der Waals surface area contributed by atoms with Crippen LogP contribution in [0.15, 0.2) is 0 Å². The van der Waals surface area contributed by atoms with Gasteiger partial charge in [0.2, 0.25) is 0 Å². The second kappa shape index (κ2) is 8.96. The van der Waals surface area contributed by atoms with E-state index < -0.39 is 10.4 Å². The molecule has 0 atom stereocenters. The Morgan fingerprint density at radius 3 is 1.73 bits per heavy atom. The van der Waals surface area contributed by atoms with E-state index in [4.69, 9.17) is 17.5 Å². The molecule has 0 amide bonds. The molecule has 0 aromatic heterocycles. The van der Waals surface area contributed by atoms with Crippen LogP contribution in [0.25, 0.3) is 0 Å². The fourth-order valence-corrected chi connectivity index (χ4v) is 1.000. The van der Waals surface area contributed by atoms with E-state index in [1.165, 1.54) is 50.9 Å². The summed E-state index contributed by atoms with van der Waals surface area (Å²) in [5.41, 5.74) is 0. The van der Waals surface area contributed by atoms with Crippen LogP contribution < -0.4 is 0 Å². The molecule has 0 aliphatic carbocycles. The number of unbranched alkanes of at least 4 members (excludes halogenated alkanes) is 2. The van der Waals surface area contributed by atoms with E-state index in [2.05, 4.69) is 6.92 Å². The Labute approximate surface area is 85.4 Å². The zero-order valence-electron chi connectivity index (χ0n) is 6.95. The quantitative estimate of drug-likeness (QED) is 0.399. The molecule has 0 unspecified atom stereocenters. The van der Waals surface area contributed by atoms with Crippen molar-refractivity contribution in [1.82, 2.24) is 0 Å².